The van der Waals surface area contributed by atoms with Gasteiger partial charge in [-0.2, -0.15) is 10.2 Å². The summed E-state index contributed by atoms with van der Waals surface area (Å²) >= 11 is 0. The molecule has 4 nitrogen and oxygen atoms in total. The number of phenols is 1. The van der Waals surface area contributed by atoms with Gasteiger partial charge in [-0.15, -0.1) is 0 Å². The van der Waals surface area contributed by atoms with Gasteiger partial charge >= 0.3 is 0 Å². The van der Waals surface area contributed by atoms with Crippen LogP contribution in [0.15, 0.2) is 83.0 Å². The zero-order valence-electron chi connectivity index (χ0n) is 20.8. The largest absolute Gasteiger partial charge is 0.544 e. The number of aromatic hydroxyl groups is 1. The van der Waals surface area contributed by atoms with Crippen molar-refractivity contribution in [3.8, 4) is 11.5 Å². The quantitative estimate of drug-likeness (QED) is 0.120. The Balaban J connectivity index is 1.37. The highest BCUT2D eigenvalue weighted by atomic mass is 28.4. The molecule has 0 aromatic heterocycles. The van der Waals surface area contributed by atoms with Crippen LogP contribution in [0.1, 0.15) is 31.9 Å². The molecule has 176 valence electrons. The van der Waals surface area contributed by atoms with Crippen LogP contribution in [0, 0.1) is 0 Å². The van der Waals surface area contributed by atoms with Gasteiger partial charge in [0.2, 0.25) is 8.32 Å². The standard InChI is InChI=1S/C30H30N2O2Si/c1-30(2,3)35(4,5)34-25-14-9-20(10-15-25)18-31-32-19-24-17-23-12-11-21-7-6-8-22-13-16-26(29(24)33)28(23)27(21)22/h6-19,33H,1-5H3/b31-18+,32-19+. The van der Waals surface area contributed by atoms with Crippen molar-refractivity contribution in [2.24, 2.45) is 10.2 Å². The van der Waals surface area contributed by atoms with Crippen LogP contribution in [-0.4, -0.2) is 25.9 Å². The van der Waals surface area contributed by atoms with Crippen molar-refractivity contribution in [2.75, 3.05) is 0 Å². The van der Waals surface area contributed by atoms with E-state index in [4.69, 9.17) is 4.43 Å². The normalized spacial score (nSPS) is 13.2. The Labute approximate surface area is 207 Å². The molecule has 5 aromatic rings. The van der Waals surface area contributed by atoms with E-state index in [0.717, 1.165) is 27.5 Å². The predicted octanol–water partition coefficient (Wildman–Crippen LogP) is 8.13. The predicted molar refractivity (Wildman–Crippen MR) is 151 cm³/mol. The first-order valence-electron chi connectivity index (χ1n) is 11.9. The second-order valence-electron chi connectivity index (χ2n) is 10.6. The SMILES string of the molecule is CC(C)(C)[Si](C)(C)Oc1ccc(/C=N/N=C/c2cc3ccc4cccc5ccc(c2O)c3c45)cc1. The van der Waals surface area contributed by atoms with Crippen LogP contribution in [-0.2, 0) is 0 Å². The minimum absolute atomic E-state index is 0.153. The van der Waals surface area contributed by atoms with Crippen LogP contribution in [0.25, 0.3) is 32.3 Å². The van der Waals surface area contributed by atoms with Crippen molar-refractivity contribution < 1.29 is 9.53 Å². The lowest BCUT2D eigenvalue weighted by Crippen LogP contribution is -2.43. The Morgan fingerprint density at radius 3 is 2.09 bits per heavy atom. The van der Waals surface area contributed by atoms with Gasteiger partial charge in [0.25, 0.3) is 0 Å². The summed E-state index contributed by atoms with van der Waals surface area (Å²) in [7, 11) is -1.86. The molecule has 0 aliphatic heterocycles. The molecule has 0 heterocycles. The van der Waals surface area contributed by atoms with E-state index in [1.165, 1.54) is 16.2 Å². The molecular weight excluding hydrogens is 448 g/mol. The average Bonchev–Trinajstić information content (AvgIpc) is 2.82. The fourth-order valence-corrected chi connectivity index (χ4v) is 5.21. The van der Waals surface area contributed by atoms with E-state index in [2.05, 4.69) is 80.5 Å². The smallest absolute Gasteiger partial charge is 0.250 e. The first-order valence-corrected chi connectivity index (χ1v) is 14.8. The summed E-state index contributed by atoms with van der Waals surface area (Å²) < 4.78 is 6.34. The molecule has 0 unspecified atom stereocenters. The summed E-state index contributed by atoms with van der Waals surface area (Å²) in [5, 5.41) is 26.0. The Morgan fingerprint density at radius 1 is 0.771 bits per heavy atom. The maximum Gasteiger partial charge on any atom is 0.250 e. The van der Waals surface area contributed by atoms with E-state index >= 15 is 0 Å². The highest BCUT2D eigenvalue weighted by Crippen LogP contribution is 2.40. The zero-order valence-corrected chi connectivity index (χ0v) is 21.8. The van der Waals surface area contributed by atoms with Crippen molar-refractivity contribution in [3.05, 3.63) is 83.9 Å². The molecule has 0 aliphatic carbocycles. The maximum absolute atomic E-state index is 11.0. The summed E-state index contributed by atoms with van der Waals surface area (Å²) in [5.41, 5.74) is 1.58. The van der Waals surface area contributed by atoms with E-state index < -0.39 is 8.32 Å². The molecule has 0 bridgehead atoms. The van der Waals surface area contributed by atoms with E-state index in [1.807, 2.05) is 36.4 Å². The fraction of sp³-hybridized carbons (Fsp3) is 0.200. The van der Waals surface area contributed by atoms with E-state index in [9.17, 15) is 5.11 Å². The highest BCUT2D eigenvalue weighted by Gasteiger charge is 2.38. The number of rotatable bonds is 5. The van der Waals surface area contributed by atoms with Crippen LogP contribution in [0.4, 0.5) is 0 Å². The van der Waals surface area contributed by atoms with Gasteiger partial charge in [-0.1, -0.05) is 57.2 Å². The summed E-state index contributed by atoms with van der Waals surface area (Å²) in [4.78, 5) is 0. The molecular formula is C30H30N2O2Si. The topological polar surface area (TPSA) is 54.2 Å². The van der Waals surface area contributed by atoms with Gasteiger partial charge in [-0.25, -0.2) is 0 Å². The first kappa shape index (κ1) is 23.1. The van der Waals surface area contributed by atoms with E-state index in [0.29, 0.717) is 5.56 Å². The number of hydrogen-bond acceptors (Lipinski definition) is 4. The van der Waals surface area contributed by atoms with Crippen LogP contribution in [0.2, 0.25) is 18.1 Å². The van der Waals surface area contributed by atoms with Gasteiger partial charge in [-0.05, 0) is 81.6 Å². The zero-order chi connectivity index (χ0) is 24.8. The lowest BCUT2D eigenvalue weighted by molar-refractivity contribution is 0.481. The Bertz CT molecular complexity index is 1560. The molecule has 1 N–H and O–H groups in total. The summed E-state index contributed by atoms with van der Waals surface area (Å²) in [5.74, 6) is 1.11. The molecule has 5 aromatic carbocycles. The molecule has 0 spiro atoms. The van der Waals surface area contributed by atoms with Crippen molar-refractivity contribution in [2.45, 2.75) is 38.9 Å². The third-order valence-corrected chi connectivity index (χ3v) is 11.5. The van der Waals surface area contributed by atoms with Gasteiger partial charge < -0.3 is 9.53 Å². The lowest BCUT2D eigenvalue weighted by Gasteiger charge is -2.36. The number of hydrogen-bond donors (Lipinski definition) is 1. The van der Waals surface area contributed by atoms with Crippen molar-refractivity contribution in [1.29, 1.82) is 0 Å². The highest BCUT2D eigenvalue weighted by molar-refractivity contribution is 6.74. The third-order valence-electron chi connectivity index (χ3n) is 7.18. The summed E-state index contributed by atoms with van der Waals surface area (Å²) in [6.45, 7) is 11.2. The molecule has 0 saturated heterocycles. The molecule has 0 radical (unpaired) electrons. The third kappa shape index (κ3) is 4.28. The van der Waals surface area contributed by atoms with E-state index in [-0.39, 0.29) is 10.8 Å². The second-order valence-corrected chi connectivity index (χ2v) is 15.3. The summed E-state index contributed by atoms with van der Waals surface area (Å²) in [6.07, 6.45) is 3.31. The molecule has 0 fully saturated rings. The molecule has 5 rings (SSSR count). The van der Waals surface area contributed by atoms with Gasteiger partial charge in [-0.3, -0.25) is 0 Å². The molecule has 0 aliphatic rings. The van der Waals surface area contributed by atoms with Gasteiger partial charge in [0.15, 0.2) is 0 Å². The minimum atomic E-state index is -1.86. The van der Waals surface area contributed by atoms with Gasteiger partial charge in [0, 0.05) is 16.3 Å². The maximum atomic E-state index is 11.0. The number of nitrogens with zero attached hydrogens (tertiary/aromatic N) is 2. The molecule has 0 atom stereocenters. The van der Waals surface area contributed by atoms with Crippen LogP contribution in [0.5, 0.6) is 11.5 Å². The Kier molecular flexibility index (Phi) is 5.60. The Hall–Kier alpha value is -3.70. The number of benzene rings is 5. The van der Waals surface area contributed by atoms with Crippen LogP contribution in [0.3, 0.4) is 0 Å². The molecule has 35 heavy (non-hydrogen) atoms. The molecule has 5 heteroatoms. The van der Waals surface area contributed by atoms with Crippen molar-refractivity contribution >= 4 is 53.1 Å². The lowest BCUT2D eigenvalue weighted by atomic mass is 9.92. The average molecular weight is 479 g/mol. The van der Waals surface area contributed by atoms with Crippen LogP contribution < -0.4 is 4.43 Å². The Morgan fingerprint density at radius 2 is 1.40 bits per heavy atom. The van der Waals surface area contributed by atoms with Crippen molar-refractivity contribution in [3.63, 3.8) is 0 Å². The van der Waals surface area contributed by atoms with E-state index in [1.54, 1.807) is 12.4 Å². The van der Waals surface area contributed by atoms with Crippen molar-refractivity contribution in [1.82, 2.24) is 0 Å². The van der Waals surface area contributed by atoms with Gasteiger partial charge in [0.1, 0.15) is 11.5 Å². The monoisotopic (exact) mass is 478 g/mol. The van der Waals surface area contributed by atoms with Crippen LogP contribution >= 0.6 is 0 Å². The fourth-order valence-electron chi connectivity index (χ4n) is 4.18. The second kappa shape index (κ2) is 8.50. The molecule has 0 saturated carbocycles. The summed E-state index contributed by atoms with van der Waals surface area (Å²) in [6, 6.07) is 24.4. The minimum Gasteiger partial charge on any atom is -0.544 e. The first-order chi connectivity index (χ1) is 16.6. The van der Waals surface area contributed by atoms with Gasteiger partial charge in [0.05, 0.1) is 12.4 Å². The number of phenolic OH excluding ortho intramolecular Hbond substituents is 1. The molecule has 0 amide bonds.